The Morgan fingerprint density at radius 1 is 1.21 bits per heavy atom. The number of pyridine rings is 1. The van der Waals surface area contributed by atoms with Gasteiger partial charge >= 0.3 is 0 Å². The number of hydrogen-bond acceptors (Lipinski definition) is 3. The van der Waals surface area contributed by atoms with Gasteiger partial charge in [0.05, 0.1) is 0 Å². The Labute approximate surface area is 177 Å². The van der Waals surface area contributed by atoms with Crippen molar-refractivity contribution in [2.75, 3.05) is 13.6 Å². The van der Waals surface area contributed by atoms with Crippen molar-refractivity contribution >= 4 is 11.9 Å². The molecule has 2 aliphatic carbocycles. The van der Waals surface area contributed by atoms with Gasteiger partial charge in [-0.1, -0.05) is 19.4 Å². The smallest absolute Gasteiger partial charge is 0.119 e. The summed E-state index contributed by atoms with van der Waals surface area (Å²) in [5.74, 6) is 2.35. The van der Waals surface area contributed by atoms with Gasteiger partial charge in [-0.15, -0.1) is 0 Å². The first-order chi connectivity index (χ1) is 13.9. The van der Waals surface area contributed by atoms with E-state index in [1.807, 2.05) is 6.20 Å². The zero-order valence-electron chi connectivity index (χ0n) is 18.8. The number of piperidine rings is 1. The number of likely N-dealkylation sites (tertiary alicyclic amines) is 1. The fraction of sp³-hybridized carbons (Fsp3) is 0.692. The lowest BCUT2D eigenvalue weighted by molar-refractivity contribution is -0.108. The quantitative estimate of drug-likeness (QED) is 0.460. The molecule has 4 rings (SSSR count). The Morgan fingerprint density at radius 2 is 2.03 bits per heavy atom. The van der Waals surface area contributed by atoms with Crippen molar-refractivity contribution in [1.29, 1.82) is 0 Å². The third-order valence-electron chi connectivity index (χ3n) is 8.93. The van der Waals surface area contributed by atoms with Crippen LogP contribution in [0.3, 0.4) is 0 Å². The first kappa shape index (κ1) is 20.8. The van der Waals surface area contributed by atoms with E-state index in [-0.39, 0.29) is 5.54 Å². The maximum atomic E-state index is 10.7. The van der Waals surface area contributed by atoms with Gasteiger partial charge in [0.25, 0.3) is 0 Å². The molecule has 1 saturated heterocycles. The molecule has 2 fully saturated rings. The average molecular weight is 395 g/mol. The van der Waals surface area contributed by atoms with Gasteiger partial charge in [-0.05, 0) is 112 Å². The summed E-state index contributed by atoms with van der Waals surface area (Å²) in [5.41, 5.74) is 4.74. The number of fused-ring (bicyclic) bond motifs is 3. The molecule has 158 valence electrons. The summed E-state index contributed by atoms with van der Waals surface area (Å²) in [7, 11) is 2.33. The summed E-state index contributed by atoms with van der Waals surface area (Å²) in [6.07, 6.45) is 17.0. The van der Waals surface area contributed by atoms with Crippen LogP contribution in [0, 0.1) is 30.1 Å². The molecule has 1 saturated carbocycles. The first-order valence-corrected chi connectivity index (χ1v) is 11.7. The Hall–Kier alpha value is -1.48. The lowest BCUT2D eigenvalue weighted by atomic mass is 9.52. The minimum atomic E-state index is 0.279. The molecule has 3 heteroatoms. The van der Waals surface area contributed by atoms with E-state index in [1.165, 1.54) is 56.2 Å². The third kappa shape index (κ3) is 3.50. The molecule has 3 nitrogen and oxygen atoms in total. The molecule has 29 heavy (non-hydrogen) atoms. The number of aromatic nitrogens is 1. The second-order valence-corrected chi connectivity index (χ2v) is 10.4. The predicted molar refractivity (Wildman–Crippen MR) is 120 cm³/mol. The molecule has 0 N–H and O–H groups in total. The van der Waals surface area contributed by atoms with E-state index in [4.69, 9.17) is 0 Å². The van der Waals surface area contributed by atoms with Gasteiger partial charge in [-0.3, -0.25) is 4.98 Å². The van der Waals surface area contributed by atoms with Crippen LogP contribution in [0.5, 0.6) is 0 Å². The molecule has 0 radical (unpaired) electrons. The SMILES string of the molecule is Cc1cncc(C2=CCC3C4CCN(C)C(C)(CCCCC=O)C4CCC23C)c1. The van der Waals surface area contributed by atoms with Crippen LogP contribution in [-0.2, 0) is 4.79 Å². The zero-order valence-corrected chi connectivity index (χ0v) is 18.8. The predicted octanol–water partition coefficient (Wildman–Crippen LogP) is 5.68. The highest BCUT2D eigenvalue weighted by Gasteiger charge is 2.56. The van der Waals surface area contributed by atoms with Crippen LogP contribution in [0.25, 0.3) is 5.57 Å². The summed E-state index contributed by atoms with van der Waals surface area (Å²) >= 11 is 0. The Bertz CT molecular complexity index is 787. The molecule has 0 spiro atoms. The van der Waals surface area contributed by atoms with Crippen molar-refractivity contribution in [2.24, 2.45) is 23.2 Å². The first-order valence-electron chi connectivity index (χ1n) is 11.7. The van der Waals surface area contributed by atoms with Crippen molar-refractivity contribution in [1.82, 2.24) is 9.88 Å². The number of nitrogens with zero attached hydrogens (tertiary/aromatic N) is 2. The Balaban J connectivity index is 1.56. The fourth-order valence-corrected chi connectivity index (χ4v) is 7.15. The Morgan fingerprint density at radius 3 is 2.79 bits per heavy atom. The average Bonchev–Trinajstić information content (AvgIpc) is 3.05. The fourth-order valence-electron chi connectivity index (χ4n) is 7.15. The molecule has 5 unspecified atom stereocenters. The van der Waals surface area contributed by atoms with Crippen LogP contribution < -0.4 is 0 Å². The normalized spacial score (nSPS) is 37.0. The van der Waals surface area contributed by atoms with E-state index in [0.717, 1.165) is 30.5 Å². The van der Waals surface area contributed by atoms with Gasteiger partial charge in [0.2, 0.25) is 0 Å². The minimum Gasteiger partial charge on any atom is -0.303 e. The lowest BCUT2D eigenvalue weighted by Crippen LogP contribution is -2.60. The van der Waals surface area contributed by atoms with Crippen LogP contribution in [0.1, 0.15) is 76.3 Å². The molecule has 2 heterocycles. The van der Waals surface area contributed by atoms with Gasteiger partial charge in [-0.2, -0.15) is 0 Å². The zero-order chi connectivity index (χ0) is 20.6. The van der Waals surface area contributed by atoms with Crippen molar-refractivity contribution in [3.8, 4) is 0 Å². The Kier molecular flexibility index (Phi) is 5.72. The molecule has 0 amide bonds. The van der Waals surface area contributed by atoms with Gasteiger partial charge in [-0.25, -0.2) is 0 Å². The number of allylic oxidation sites excluding steroid dienone is 2. The van der Waals surface area contributed by atoms with Crippen molar-refractivity contribution in [2.45, 2.75) is 77.7 Å². The standard InChI is InChI=1S/C26H38N2O/c1-19-16-20(18-27-17-19)22-8-9-23-21-11-14-28(4)26(3,12-6-5-7-15-29)24(21)10-13-25(22,23)2/h8,15-18,21,23-24H,5-7,9-14H2,1-4H3. The highest BCUT2D eigenvalue weighted by Crippen LogP contribution is 2.63. The summed E-state index contributed by atoms with van der Waals surface area (Å²) in [4.78, 5) is 17.9. The van der Waals surface area contributed by atoms with Gasteiger partial charge in [0.1, 0.15) is 6.29 Å². The third-order valence-corrected chi connectivity index (χ3v) is 8.93. The number of carbonyl (C=O) groups is 1. The second kappa shape index (κ2) is 7.98. The number of rotatable bonds is 6. The summed E-state index contributed by atoms with van der Waals surface area (Å²) in [6, 6.07) is 2.32. The lowest BCUT2D eigenvalue weighted by Gasteiger charge is -2.59. The maximum Gasteiger partial charge on any atom is 0.119 e. The van der Waals surface area contributed by atoms with E-state index >= 15 is 0 Å². The van der Waals surface area contributed by atoms with Crippen LogP contribution in [-0.4, -0.2) is 35.3 Å². The van der Waals surface area contributed by atoms with Crippen LogP contribution in [0.15, 0.2) is 24.5 Å². The number of unbranched alkanes of at least 4 members (excludes halogenated alkanes) is 2. The van der Waals surface area contributed by atoms with Gasteiger partial charge < -0.3 is 9.69 Å². The summed E-state index contributed by atoms with van der Waals surface area (Å²) in [6.45, 7) is 8.41. The van der Waals surface area contributed by atoms with E-state index in [9.17, 15) is 4.79 Å². The molecule has 1 aliphatic heterocycles. The number of hydrogen-bond donors (Lipinski definition) is 0. The van der Waals surface area contributed by atoms with Crippen molar-refractivity contribution in [3.63, 3.8) is 0 Å². The molecule has 1 aromatic heterocycles. The summed E-state index contributed by atoms with van der Waals surface area (Å²) in [5, 5.41) is 0. The summed E-state index contributed by atoms with van der Waals surface area (Å²) < 4.78 is 0. The largest absolute Gasteiger partial charge is 0.303 e. The highest BCUT2D eigenvalue weighted by atomic mass is 16.1. The van der Waals surface area contributed by atoms with Gasteiger partial charge in [0, 0.05) is 24.4 Å². The molecule has 1 aromatic rings. The number of aldehydes is 1. The molecule has 0 aromatic carbocycles. The molecule has 5 atom stereocenters. The minimum absolute atomic E-state index is 0.279. The maximum absolute atomic E-state index is 10.7. The second-order valence-electron chi connectivity index (χ2n) is 10.4. The van der Waals surface area contributed by atoms with E-state index < -0.39 is 0 Å². The number of carbonyl (C=O) groups excluding carboxylic acids is 1. The van der Waals surface area contributed by atoms with Crippen molar-refractivity contribution in [3.05, 3.63) is 35.7 Å². The monoisotopic (exact) mass is 394 g/mol. The number of aryl methyl sites for hydroxylation is 1. The topological polar surface area (TPSA) is 33.2 Å². The van der Waals surface area contributed by atoms with Gasteiger partial charge in [0.15, 0.2) is 0 Å². The van der Waals surface area contributed by atoms with Crippen LogP contribution in [0.2, 0.25) is 0 Å². The molecule has 3 aliphatic rings. The molecular formula is C26H38N2O. The molecule has 0 bridgehead atoms. The highest BCUT2D eigenvalue weighted by molar-refractivity contribution is 5.72. The van der Waals surface area contributed by atoms with E-state index in [2.05, 4.69) is 56.0 Å². The molecular weight excluding hydrogens is 356 g/mol. The van der Waals surface area contributed by atoms with Crippen molar-refractivity contribution < 1.29 is 4.79 Å². The van der Waals surface area contributed by atoms with Crippen LogP contribution >= 0.6 is 0 Å². The van der Waals surface area contributed by atoms with Crippen LogP contribution in [0.4, 0.5) is 0 Å². The van der Waals surface area contributed by atoms with E-state index in [0.29, 0.717) is 11.8 Å². The van der Waals surface area contributed by atoms with E-state index in [1.54, 1.807) is 5.57 Å².